The zero-order valence-electron chi connectivity index (χ0n) is 8.51. The molecule has 3 aromatic rings. The first-order chi connectivity index (χ1) is 8.24. The third kappa shape index (κ3) is 1.53. The number of hydrogen-bond donors (Lipinski definition) is 3. The number of benzene rings is 1. The molecule has 0 saturated carbocycles. The van der Waals surface area contributed by atoms with Crippen molar-refractivity contribution in [3.8, 4) is 11.5 Å². The van der Waals surface area contributed by atoms with Crippen LogP contribution in [0.15, 0.2) is 24.4 Å². The summed E-state index contributed by atoms with van der Waals surface area (Å²) in [6, 6.07) is 4.70. The summed E-state index contributed by atoms with van der Waals surface area (Å²) in [6.45, 7) is 0. The molecule has 0 unspecified atom stereocenters. The van der Waals surface area contributed by atoms with Crippen molar-refractivity contribution >= 4 is 17.0 Å². The van der Waals surface area contributed by atoms with Crippen LogP contribution in [0.2, 0.25) is 0 Å². The Bertz CT molecular complexity index is 686. The molecule has 0 amide bonds. The topological polar surface area (TPSA) is 108 Å². The molecule has 84 valence electrons. The lowest BCUT2D eigenvalue weighted by molar-refractivity contribution is 0.0697. The Morgan fingerprint density at radius 1 is 1.35 bits per heavy atom. The van der Waals surface area contributed by atoms with E-state index in [4.69, 9.17) is 5.11 Å². The number of H-pyrrole nitrogens is 2. The zero-order valence-corrected chi connectivity index (χ0v) is 8.51. The van der Waals surface area contributed by atoms with Gasteiger partial charge in [-0.3, -0.25) is 0 Å². The summed E-state index contributed by atoms with van der Waals surface area (Å²) in [5, 5.41) is 18.9. The van der Waals surface area contributed by atoms with Crippen molar-refractivity contribution in [3.05, 3.63) is 30.0 Å². The first-order valence-electron chi connectivity index (χ1n) is 4.83. The number of carboxylic acid groups (broad SMARTS) is 1. The highest BCUT2D eigenvalue weighted by Crippen LogP contribution is 2.18. The van der Waals surface area contributed by atoms with Gasteiger partial charge in [-0.15, -0.1) is 0 Å². The molecule has 0 aliphatic carbocycles. The quantitative estimate of drug-likeness (QED) is 0.608. The molecule has 7 heteroatoms. The van der Waals surface area contributed by atoms with Crippen molar-refractivity contribution in [2.45, 2.75) is 0 Å². The molecule has 0 bridgehead atoms. The molecule has 17 heavy (non-hydrogen) atoms. The number of hydrogen-bond acceptors (Lipinski definition) is 4. The summed E-state index contributed by atoms with van der Waals surface area (Å²) in [7, 11) is 0. The molecule has 0 aliphatic rings. The highest BCUT2D eigenvalue weighted by atomic mass is 16.4. The van der Waals surface area contributed by atoms with Crippen molar-refractivity contribution in [1.82, 2.24) is 25.4 Å². The summed E-state index contributed by atoms with van der Waals surface area (Å²) in [4.78, 5) is 18.1. The number of carboxylic acids is 1. The maximum absolute atomic E-state index is 10.8. The monoisotopic (exact) mass is 229 g/mol. The number of nitrogens with zero attached hydrogens (tertiary/aromatic N) is 3. The molecule has 0 fully saturated rings. The standard InChI is InChI=1S/C10H7N5O2/c16-10(17)5-1-2-6-7(3-5)13-9(12-6)8-4-11-15-14-8/h1-4H,(H,12,13)(H,16,17)(H,11,14,15). The maximum atomic E-state index is 10.8. The summed E-state index contributed by atoms with van der Waals surface area (Å²) in [5.41, 5.74) is 2.14. The Morgan fingerprint density at radius 3 is 2.94 bits per heavy atom. The van der Waals surface area contributed by atoms with Crippen LogP contribution in [0.1, 0.15) is 10.4 Å². The lowest BCUT2D eigenvalue weighted by Crippen LogP contribution is -1.94. The number of rotatable bonds is 2. The largest absolute Gasteiger partial charge is 0.478 e. The smallest absolute Gasteiger partial charge is 0.335 e. The van der Waals surface area contributed by atoms with Crippen LogP contribution in [0.25, 0.3) is 22.6 Å². The summed E-state index contributed by atoms with van der Waals surface area (Å²) >= 11 is 0. The number of aromatic amines is 2. The molecule has 2 heterocycles. The van der Waals surface area contributed by atoms with Crippen molar-refractivity contribution in [2.24, 2.45) is 0 Å². The van der Waals surface area contributed by atoms with E-state index in [0.29, 0.717) is 22.6 Å². The van der Waals surface area contributed by atoms with Gasteiger partial charge in [-0.25, -0.2) is 9.78 Å². The van der Waals surface area contributed by atoms with Crippen molar-refractivity contribution < 1.29 is 9.90 Å². The van der Waals surface area contributed by atoms with Crippen molar-refractivity contribution in [3.63, 3.8) is 0 Å². The normalized spacial score (nSPS) is 10.8. The van der Waals surface area contributed by atoms with E-state index in [2.05, 4.69) is 25.4 Å². The van der Waals surface area contributed by atoms with E-state index < -0.39 is 5.97 Å². The van der Waals surface area contributed by atoms with Gasteiger partial charge < -0.3 is 10.1 Å². The zero-order chi connectivity index (χ0) is 11.8. The van der Waals surface area contributed by atoms with E-state index >= 15 is 0 Å². The van der Waals surface area contributed by atoms with Crippen LogP contribution in [0.3, 0.4) is 0 Å². The van der Waals surface area contributed by atoms with Crippen LogP contribution in [-0.4, -0.2) is 36.5 Å². The molecular weight excluding hydrogens is 222 g/mol. The number of nitrogens with one attached hydrogen (secondary N) is 2. The Kier molecular flexibility index (Phi) is 1.91. The number of fused-ring (bicyclic) bond motifs is 1. The van der Waals surface area contributed by atoms with Crippen LogP contribution in [0.4, 0.5) is 0 Å². The van der Waals surface area contributed by atoms with E-state index in [1.54, 1.807) is 6.07 Å². The van der Waals surface area contributed by atoms with Gasteiger partial charge in [-0.05, 0) is 18.2 Å². The molecule has 0 spiro atoms. The molecule has 0 saturated heterocycles. The predicted octanol–water partition coefficient (Wildman–Crippen LogP) is 1.05. The Labute approximate surface area is 94.5 Å². The molecule has 3 N–H and O–H groups in total. The molecule has 2 aromatic heterocycles. The molecule has 0 radical (unpaired) electrons. The van der Waals surface area contributed by atoms with Gasteiger partial charge in [-0.1, -0.05) is 0 Å². The van der Waals surface area contributed by atoms with Crippen LogP contribution >= 0.6 is 0 Å². The highest BCUT2D eigenvalue weighted by molar-refractivity contribution is 5.92. The minimum absolute atomic E-state index is 0.216. The number of aromatic nitrogens is 5. The second-order valence-electron chi connectivity index (χ2n) is 3.48. The minimum atomic E-state index is -0.968. The molecule has 0 aliphatic heterocycles. The van der Waals surface area contributed by atoms with Crippen LogP contribution in [0, 0.1) is 0 Å². The Balaban J connectivity index is 2.16. The highest BCUT2D eigenvalue weighted by Gasteiger charge is 2.09. The first-order valence-corrected chi connectivity index (χ1v) is 4.83. The van der Waals surface area contributed by atoms with Crippen LogP contribution in [0.5, 0.6) is 0 Å². The van der Waals surface area contributed by atoms with Gasteiger partial charge in [0.1, 0.15) is 5.69 Å². The van der Waals surface area contributed by atoms with Gasteiger partial charge in [0.05, 0.1) is 22.8 Å². The summed E-state index contributed by atoms with van der Waals surface area (Å²) in [5.74, 6) is -0.416. The first kappa shape index (κ1) is 9.52. The van der Waals surface area contributed by atoms with Gasteiger partial charge in [0.2, 0.25) is 0 Å². The SMILES string of the molecule is O=C(O)c1ccc2nc(-c3cn[nH]n3)[nH]c2c1. The number of imidazole rings is 1. The Hall–Kier alpha value is -2.70. The third-order valence-corrected chi connectivity index (χ3v) is 2.39. The molecule has 1 aromatic carbocycles. The van der Waals surface area contributed by atoms with Crippen LogP contribution in [-0.2, 0) is 0 Å². The van der Waals surface area contributed by atoms with E-state index in [0.717, 1.165) is 0 Å². The van der Waals surface area contributed by atoms with Crippen molar-refractivity contribution in [1.29, 1.82) is 0 Å². The third-order valence-electron chi connectivity index (χ3n) is 2.39. The summed E-state index contributed by atoms with van der Waals surface area (Å²) in [6.07, 6.45) is 1.54. The fraction of sp³-hybridized carbons (Fsp3) is 0. The molecule has 7 nitrogen and oxygen atoms in total. The van der Waals surface area contributed by atoms with Crippen molar-refractivity contribution in [2.75, 3.05) is 0 Å². The molecule has 3 rings (SSSR count). The molecule has 0 atom stereocenters. The van der Waals surface area contributed by atoms with Gasteiger partial charge in [-0.2, -0.15) is 15.4 Å². The fourth-order valence-corrected chi connectivity index (χ4v) is 1.58. The number of carbonyl (C=O) groups is 1. The Morgan fingerprint density at radius 2 is 2.24 bits per heavy atom. The predicted molar refractivity (Wildman–Crippen MR) is 58.4 cm³/mol. The number of aromatic carboxylic acids is 1. The van der Waals surface area contributed by atoms with E-state index in [-0.39, 0.29) is 5.56 Å². The molecular formula is C10H7N5O2. The summed E-state index contributed by atoms with van der Waals surface area (Å²) < 4.78 is 0. The van der Waals surface area contributed by atoms with E-state index in [9.17, 15) is 4.79 Å². The van der Waals surface area contributed by atoms with E-state index in [1.165, 1.54) is 18.3 Å². The lowest BCUT2D eigenvalue weighted by atomic mass is 10.2. The van der Waals surface area contributed by atoms with Gasteiger partial charge in [0.15, 0.2) is 5.82 Å². The van der Waals surface area contributed by atoms with Crippen LogP contribution < -0.4 is 0 Å². The fourth-order valence-electron chi connectivity index (χ4n) is 1.58. The lowest BCUT2D eigenvalue weighted by Gasteiger charge is -1.92. The maximum Gasteiger partial charge on any atom is 0.335 e. The van der Waals surface area contributed by atoms with E-state index in [1.807, 2.05) is 0 Å². The average molecular weight is 229 g/mol. The minimum Gasteiger partial charge on any atom is -0.478 e. The van der Waals surface area contributed by atoms with Gasteiger partial charge in [0.25, 0.3) is 0 Å². The average Bonchev–Trinajstić information content (AvgIpc) is 2.96. The van der Waals surface area contributed by atoms with Gasteiger partial charge >= 0.3 is 5.97 Å². The van der Waals surface area contributed by atoms with Gasteiger partial charge in [0, 0.05) is 0 Å². The second kappa shape index (κ2) is 3.41. The second-order valence-corrected chi connectivity index (χ2v) is 3.48.